The van der Waals surface area contributed by atoms with Crippen molar-refractivity contribution in [2.45, 2.75) is 11.9 Å². The van der Waals surface area contributed by atoms with Gasteiger partial charge >= 0.3 is 11.9 Å². The highest BCUT2D eigenvalue weighted by atomic mass is 16.7. The van der Waals surface area contributed by atoms with Crippen molar-refractivity contribution in [2.75, 3.05) is 27.2 Å². The quantitative estimate of drug-likeness (QED) is 0.228. The van der Waals surface area contributed by atoms with E-state index in [0.717, 1.165) is 0 Å². The maximum Gasteiger partial charge on any atom is 0.327 e. The SMILES string of the molecule is C[NH2+]CC(O)(O)O.C[NH2+]CC(O)(O)O.O=C([O-])[O-]. The van der Waals surface area contributed by atoms with Crippen LogP contribution in [0, 0.1) is 0 Å². The summed E-state index contributed by atoms with van der Waals surface area (Å²) in [5.74, 6) is -5.01. The molecule has 0 atom stereocenters. The lowest BCUT2D eigenvalue weighted by molar-refractivity contribution is -0.664. The van der Waals surface area contributed by atoms with E-state index in [4.69, 9.17) is 45.6 Å². The fourth-order valence-electron chi connectivity index (χ4n) is 0.548. The minimum Gasteiger partial charge on any atom is -0.652 e. The molecule has 0 amide bonds. The molecule has 11 heteroatoms. The number of likely N-dealkylation sites (N-methyl/N-ethyl adjacent to an activating group) is 2. The van der Waals surface area contributed by atoms with Crippen molar-refractivity contribution in [3.05, 3.63) is 0 Å². The van der Waals surface area contributed by atoms with Gasteiger partial charge in [0, 0.05) is 0 Å². The van der Waals surface area contributed by atoms with Gasteiger partial charge in [-0.15, -0.1) is 0 Å². The molecule has 0 bridgehead atoms. The Morgan fingerprint density at radius 3 is 1.06 bits per heavy atom. The maximum atomic E-state index is 8.33. The van der Waals surface area contributed by atoms with Gasteiger partial charge in [-0.2, -0.15) is 0 Å². The molecule has 0 rings (SSSR count). The van der Waals surface area contributed by atoms with Crippen LogP contribution in [0.4, 0.5) is 4.79 Å². The second-order valence-electron chi connectivity index (χ2n) is 3.02. The van der Waals surface area contributed by atoms with Crippen LogP contribution in [0.1, 0.15) is 0 Å². The Kier molecular flexibility index (Phi) is 13.6. The lowest BCUT2D eigenvalue weighted by Gasteiger charge is -2.08. The topological polar surface area (TPSA) is 218 Å². The maximum absolute atomic E-state index is 8.33. The van der Waals surface area contributed by atoms with Crippen molar-refractivity contribution in [3.63, 3.8) is 0 Å². The standard InChI is InChI=1S/2C3H9NO3.CH2O3/c2*1-4-2-3(5,6)7;2-1(3)4/h2*4-7H,2H2,1H3;(H2,2,3,4). The lowest BCUT2D eigenvalue weighted by atomic mass is 10.6. The van der Waals surface area contributed by atoms with E-state index >= 15 is 0 Å². The summed E-state index contributed by atoms with van der Waals surface area (Å²) in [5.41, 5.74) is 0. The minimum atomic E-state index is -2.51. The Bertz CT molecular complexity index is 178. The number of quaternary nitrogens is 2. The molecule has 0 heterocycles. The second-order valence-corrected chi connectivity index (χ2v) is 3.02. The molecule has 11 nitrogen and oxygen atoms in total. The highest BCUT2D eigenvalue weighted by Crippen LogP contribution is 1.82. The first-order chi connectivity index (χ1) is 7.85. The summed E-state index contributed by atoms with van der Waals surface area (Å²) in [4.78, 5) is 8.33. The van der Waals surface area contributed by atoms with E-state index in [-0.39, 0.29) is 13.1 Å². The van der Waals surface area contributed by atoms with Gasteiger partial charge in [-0.3, -0.25) is 0 Å². The Morgan fingerprint density at radius 1 is 0.889 bits per heavy atom. The summed E-state index contributed by atoms with van der Waals surface area (Å²) >= 11 is 0. The average molecular weight is 276 g/mol. The van der Waals surface area contributed by atoms with Crippen molar-refractivity contribution < 1.29 is 56.3 Å². The first-order valence-electron chi connectivity index (χ1n) is 4.63. The Morgan fingerprint density at radius 2 is 1.06 bits per heavy atom. The molecule has 10 N–H and O–H groups in total. The molecule has 0 aromatic carbocycles. The summed E-state index contributed by atoms with van der Waals surface area (Å²) < 4.78 is 0. The number of hydrogen-bond donors (Lipinski definition) is 8. The zero-order chi connectivity index (χ0) is 15.4. The van der Waals surface area contributed by atoms with Crippen LogP contribution in [0.25, 0.3) is 0 Å². The molecule has 0 saturated heterocycles. The highest BCUT2D eigenvalue weighted by Gasteiger charge is 2.18. The lowest BCUT2D eigenvalue weighted by Crippen LogP contribution is -2.84. The first-order valence-corrected chi connectivity index (χ1v) is 4.63. The number of hydrogen-bond acceptors (Lipinski definition) is 9. The van der Waals surface area contributed by atoms with E-state index in [1.807, 2.05) is 0 Å². The van der Waals surface area contributed by atoms with E-state index in [1.54, 1.807) is 14.1 Å². The van der Waals surface area contributed by atoms with E-state index in [0.29, 0.717) is 0 Å². The van der Waals surface area contributed by atoms with Crippen LogP contribution in [0.2, 0.25) is 0 Å². The van der Waals surface area contributed by atoms with Crippen LogP contribution < -0.4 is 20.8 Å². The number of carboxylic acid groups (broad SMARTS) is 2. The molecule has 0 spiro atoms. The Balaban J connectivity index is -0.000000196. The van der Waals surface area contributed by atoms with Gasteiger partial charge < -0.3 is 56.3 Å². The molecule has 18 heavy (non-hydrogen) atoms. The number of carbonyl (C=O) groups excluding carboxylic acids is 1. The predicted octanol–water partition coefficient (Wildman–Crippen LogP) is -8.83. The third-order valence-electron chi connectivity index (χ3n) is 0.956. The Labute approximate surface area is 103 Å². The largest absolute Gasteiger partial charge is 0.652 e. The summed E-state index contributed by atoms with van der Waals surface area (Å²) in [6.07, 6.45) is -2.33. The molecule has 0 aromatic rings. The highest BCUT2D eigenvalue weighted by molar-refractivity contribution is 5.47. The van der Waals surface area contributed by atoms with Crippen molar-refractivity contribution in [1.82, 2.24) is 0 Å². The summed E-state index contributed by atoms with van der Waals surface area (Å²) in [7, 11) is 3.24. The van der Waals surface area contributed by atoms with E-state index in [1.165, 1.54) is 10.6 Å². The summed E-state index contributed by atoms with van der Waals surface area (Å²) in [6, 6.07) is 0. The molecule has 0 aliphatic rings. The number of aliphatic hydroxyl groups is 6. The van der Waals surface area contributed by atoms with Crippen LogP contribution in [0.15, 0.2) is 0 Å². The number of rotatable bonds is 4. The van der Waals surface area contributed by atoms with Gasteiger partial charge in [-0.05, 0) is 6.16 Å². The third kappa shape index (κ3) is 60.2. The number of carbonyl (C=O) groups is 1. The normalized spacial score (nSPS) is 10.7. The Hall–Kier alpha value is -1.05. The van der Waals surface area contributed by atoms with Crippen LogP contribution in [-0.2, 0) is 0 Å². The van der Waals surface area contributed by atoms with Gasteiger partial charge in [-0.25, -0.2) is 0 Å². The van der Waals surface area contributed by atoms with Crippen molar-refractivity contribution in [2.24, 2.45) is 0 Å². The van der Waals surface area contributed by atoms with Gasteiger partial charge in [0.25, 0.3) is 0 Å². The molecule has 0 fully saturated rings. The zero-order valence-corrected chi connectivity index (χ0v) is 9.98. The molecular formula is C7H20N2O9. The molecule has 0 saturated carbocycles. The molecule has 0 aliphatic heterocycles. The van der Waals surface area contributed by atoms with Crippen LogP contribution in [0.5, 0.6) is 0 Å². The molecular weight excluding hydrogens is 256 g/mol. The zero-order valence-electron chi connectivity index (χ0n) is 9.98. The summed E-state index contributed by atoms with van der Waals surface area (Å²) in [6.45, 7) is -0.236. The second kappa shape index (κ2) is 11.1. The molecule has 0 radical (unpaired) electrons. The van der Waals surface area contributed by atoms with Crippen molar-refractivity contribution in [3.8, 4) is 0 Å². The number of nitrogens with two attached hydrogens (primary N) is 2. The monoisotopic (exact) mass is 276 g/mol. The third-order valence-corrected chi connectivity index (χ3v) is 0.956. The average Bonchev–Trinajstić information content (AvgIpc) is 1.97. The van der Waals surface area contributed by atoms with E-state index < -0.39 is 18.1 Å². The van der Waals surface area contributed by atoms with Crippen molar-refractivity contribution >= 4 is 6.16 Å². The summed E-state index contributed by atoms with van der Waals surface area (Å²) in [5, 5.41) is 68.2. The van der Waals surface area contributed by atoms with Crippen molar-refractivity contribution in [1.29, 1.82) is 0 Å². The van der Waals surface area contributed by atoms with Gasteiger partial charge in [0.15, 0.2) is 13.1 Å². The van der Waals surface area contributed by atoms with E-state index in [9.17, 15) is 0 Å². The molecule has 0 aromatic heterocycles. The molecule has 0 aliphatic carbocycles. The van der Waals surface area contributed by atoms with Crippen LogP contribution in [-0.4, -0.2) is 75.9 Å². The van der Waals surface area contributed by atoms with Crippen LogP contribution >= 0.6 is 0 Å². The minimum absolute atomic E-state index is 0.118. The smallest absolute Gasteiger partial charge is 0.327 e. The van der Waals surface area contributed by atoms with Gasteiger partial charge in [0.2, 0.25) is 0 Å². The fraction of sp³-hybridized carbons (Fsp3) is 0.857. The van der Waals surface area contributed by atoms with Gasteiger partial charge in [0.05, 0.1) is 14.1 Å². The fourth-order valence-corrected chi connectivity index (χ4v) is 0.548. The van der Waals surface area contributed by atoms with E-state index in [2.05, 4.69) is 0 Å². The van der Waals surface area contributed by atoms with Gasteiger partial charge in [0.1, 0.15) is 0 Å². The first kappa shape index (κ1) is 22.2. The predicted molar refractivity (Wildman–Crippen MR) is 49.6 cm³/mol. The molecule has 0 unspecified atom stereocenters. The van der Waals surface area contributed by atoms with Crippen LogP contribution in [0.3, 0.4) is 0 Å². The molecule has 112 valence electrons. The van der Waals surface area contributed by atoms with Gasteiger partial charge in [-0.1, -0.05) is 0 Å².